The summed E-state index contributed by atoms with van der Waals surface area (Å²) >= 11 is 0. The lowest BCUT2D eigenvalue weighted by Gasteiger charge is -2.39. The second-order valence-electron chi connectivity index (χ2n) is 7.83. The summed E-state index contributed by atoms with van der Waals surface area (Å²) in [5.74, 6) is 1.16. The van der Waals surface area contributed by atoms with Crippen molar-refractivity contribution in [3.05, 3.63) is 71.8 Å². The lowest BCUT2D eigenvalue weighted by Crippen LogP contribution is -2.37. The number of nitrogens with zero attached hydrogens (tertiary/aromatic N) is 1. The first-order chi connectivity index (χ1) is 13.3. The van der Waals surface area contributed by atoms with Crippen molar-refractivity contribution in [1.29, 1.82) is 0 Å². The number of hydrogen-bond acceptors (Lipinski definition) is 3. The predicted octanol–water partition coefficient (Wildman–Crippen LogP) is 4.26. The van der Waals surface area contributed by atoms with Gasteiger partial charge >= 0.3 is 0 Å². The Morgan fingerprint density at radius 3 is 1.70 bits per heavy atom. The van der Waals surface area contributed by atoms with Gasteiger partial charge in [-0.2, -0.15) is 0 Å². The summed E-state index contributed by atoms with van der Waals surface area (Å²) in [4.78, 5) is 2.62. The van der Waals surface area contributed by atoms with Crippen LogP contribution in [0, 0.1) is 11.8 Å². The van der Waals surface area contributed by atoms with Gasteiger partial charge in [-0.05, 0) is 68.2 Å². The Morgan fingerprint density at radius 1 is 0.778 bits per heavy atom. The second-order valence-corrected chi connectivity index (χ2v) is 7.83. The quantitative estimate of drug-likeness (QED) is 0.696. The molecule has 2 aromatic carbocycles. The number of rotatable bonds is 9. The summed E-state index contributed by atoms with van der Waals surface area (Å²) in [6, 6.07) is 22.0. The van der Waals surface area contributed by atoms with Crippen LogP contribution < -0.4 is 0 Å². The molecular formula is C24H33NO2. The molecule has 0 amide bonds. The molecule has 3 nitrogen and oxygen atoms in total. The Morgan fingerprint density at radius 2 is 1.26 bits per heavy atom. The predicted molar refractivity (Wildman–Crippen MR) is 111 cm³/mol. The smallest absolute Gasteiger partial charge is 0.0601 e. The molecule has 3 heteroatoms. The Kier molecular flexibility index (Phi) is 7.88. The van der Waals surface area contributed by atoms with Crippen molar-refractivity contribution in [3.8, 4) is 0 Å². The Hall–Kier alpha value is -1.68. The van der Waals surface area contributed by atoms with E-state index in [9.17, 15) is 10.2 Å². The Labute approximate surface area is 163 Å². The third-order valence-electron chi connectivity index (χ3n) is 5.99. The molecule has 1 aliphatic heterocycles. The van der Waals surface area contributed by atoms with E-state index >= 15 is 0 Å². The highest BCUT2D eigenvalue weighted by atomic mass is 16.3. The van der Waals surface area contributed by atoms with Crippen molar-refractivity contribution in [3.63, 3.8) is 0 Å². The summed E-state index contributed by atoms with van der Waals surface area (Å²) in [6.45, 7) is 2.66. The van der Waals surface area contributed by atoms with Crippen LogP contribution in [0.4, 0.5) is 0 Å². The van der Waals surface area contributed by atoms with Gasteiger partial charge in [0.25, 0.3) is 0 Å². The van der Waals surface area contributed by atoms with Gasteiger partial charge in [-0.3, -0.25) is 4.90 Å². The van der Waals surface area contributed by atoms with Gasteiger partial charge in [-0.25, -0.2) is 0 Å². The van der Waals surface area contributed by atoms with E-state index in [0.717, 1.165) is 32.4 Å². The fraction of sp³-hybridized carbons (Fsp3) is 0.500. The SMILES string of the molecule is OCCC(CCO)CC1CCN(C(c2ccccc2)c2ccccc2)CC1. The lowest BCUT2D eigenvalue weighted by molar-refractivity contribution is 0.126. The highest BCUT2D eigenvalue weighted by Gasteiger charge is 2.28. The molecule has 1 saturated heterocycles. The Balaban J connectivity index is 1.66. The van der Waals surface area contributed by atoms with Crippen molar-refractivity contribution < 1.29 is 10.2 Å². The van der Waals surface area contributed by atoms with Gasteiger partial charge in [0.1, 0.15) is 0 Å². The molecule has 1 fully saturated rings. The van der Waals surface area contributed by atoms with E-state index in [0.29, 0.717) is 17.9 Å². The van der Waals surface area contributed by atoms with Crippen molar-refractivity contribution in [1.82, 2.24) is 4.90 Å². The summed E-state index contributed by atoms with van der Waals surface area (Å²) in [5.41, 5.74) is 2.72. The van der Waals surface area contributed by atoms with Crippen LogP contribution in [0.25, 0.3) is 0 Å². The molecular weight excluding hydrogens is 334 g/mol. The van der Waals surface area contributed by atoms with Crippen molar-refractivity contribution in [2.75, 3.05) is 26.3 Å². The molecule has 2 N–H and O–H groups in total. The third kappa shape index (κ3) is 5.65. The van der Waals surface area contributed by atoms with Gasteiger partial charge in [-0.15, -0.1) is 0 Å². The zero-order valence-electron chi connectivity index (χ0n) is 16.2. The zero-order valence-corrected chi connectivity index (χ0v) is 16.2. The summed E-state index contributed by atoms with van der Waals surface area (Å²) in [6.07, 6.45) is 5.16. The lowest BCUT2D eigenvalue weighted by atomic mass is 9.83. The van der Waals surface area contributed by atoms with Gasteiger partial charge in [0.15, 0.2) is 0 Å². The first-order valence-electron chi connectivity index (χ1n) is 10.4. The summed E-state index contributed by atoms with van der Waals surface area (Å²) in [7, 11) is 0. The minimum atomic E-state index is 0.230. The topological polar surface area (TPSA) is 43.7 Å². The Bertz CT molecular complexity index is 592. The zero-order chi connectivity index (χ0) is 18.9. The molecule has 1 aliphatic rings. The van der Waals surface area contributed by atoms with E-state index in [1.165, 1.54) is 24.0 Å². The largest absolute Gasteiger partial charge is 0.396 e. The highest BCUT2D eigenvalue weighted by Crippen LogP contribution is 2.34. The van der Waals surface area contributed by atoms with Crippen LogP contribution in [-0.4, -0.2) is 41.4 Å². The average Bonchev–Trinajstić information content (AvgIpc) is 2.72. The first-order valence-corrected chi connectivity index (χ1v) is 10.4. The summed E-state index contributed by atoms with van der Waals surface area (Å²) < 4.78 is 0. The number of hydrogen-bond donors (Lipinski definition) is 2. The third-order valence-corrected chi connectivity index (χ3v) is 5.99. The van der Waals surface area contributed by atoms with E-state index in [4.69, 9.17) is 0 Å². The molecule has 146 valence electrons. The maximum atomic E-state index is 9.27. The maximum absolute atomic E-state index is 9.27. The molecule has 0 aliphatic carbocycles. The van der Waals surface area contributed by atoms with Gasteiger partial charge in [0.2, 0.25) is 0 Å². The van der Waals surface area contributed by atoms with Crippen LogP contribution in [-0.2, 0) is 0 Å². The van der Waals surface area contributed by atoms with E-state index in [1.54, 1.807) is 0 Å². The van der Waals surface area contributed by atoms with E-state index in [1.807, 2.05) is 0 Å². The van der Waals surface area contributed by atoms with Crippen LogP contribution in [0.2, 0.25) is 0 Å². The number of aliphatic hydroxyl groups excluding tert-OH is 2. The standard InChI is InChI=1S/C24H33NO2/c26-17-13-21(14-18-27)19-20-11-15-25(16-12-20)24(22-7-3-1-4-8-22)23-9-5-2-6-10-23/h1-10,20-21,24,26-27H,11-19H2. The first kappa shape index (κ1) is 20.1. The van der Waals surface area contributed by atoms with Crippen molar-refractivity contribution >= 4 is 0 Å². The molecule has 0 unspecified atom stereocenters. The molecule has 2 aromatic rings. The number of aliphatic hydroxyl groups is 2. The number of benzene rings is 2. The summed E-state index contributed by atoms with van der Waals surface area (Å²) in [5, 5.41) is 18.5. The maximum Gasteiger partial charge on any atom is 0.0601 e. The molecule has 27 heavy (non-hydrogen) atoms. The molecule has 0 bridgehead atoms. The molecule has 1 heterocycles. The monoisotopic (exact) mass is 367 g/mol. The van der Waals surface area contributed by atoms with Crippen LogP contribution >= 0.6 is 0 Å². The van der Waals surface area contributed by atoms with Gasteiger partial charge in [0.05, 0.1) is 6.04 Å². The molecule has 0 saturated carbocycles. The van der Waals surface area contributed by atoms with Crippen molar-refractivity contribution in [2.24, 2.45) is 11.8 Å². The fourth-order valence-corrected chi connectivity index (χ4v) is 4.55. The van der Waals surface area contributed by atoms with E-state index in [2.05, 4.69) is 65.6 Å². The van der Waals surface area contributed by atoms with Crippen LogP contribution in [0.3, 0.4) is 0 Å². The van der Waals surface area contributed by atoms with Gasteiger partial charge in [-0.1, -0.05) is 60.7 Å². The van der Waals surface area contributed by atoms with Gasteiger partial charge < -0.3 is 10.2 Å². The van der Waals surface area contributed by atoms with Crippen molar-refractivity contribution in [2.45, 2.75) is 38.1 Å². The molecule has 0 atom stereocenters. The molecule has 0 radical (unpaired) electrons. The minimum Gasteiger partial charge on any atom is -0.396 e. The normalized spacial score (nSPS) is 16.3. The van der Waals surface area contributed by atoms with Crippen LogP contribution in [0.15, 0.2) is 60.7 Å². The molecule has 0 spiro atoms. The average molecular weight is 368 g/mol. The number of likely N-dealkylation sites (tertiary alicyclic amines) is 1. The molecule has 0 aromatic heterocycles. The molecule has 3 rings (SSSR count). The van der Waals surface area contributed by atoms with E-state index in [-0.39, 0.29) is 13.2 Å². The van der Waals surface area contributed by atoms with Crippen LogP contribution in [0.1, 0.15) is 49.3 Å². The van der Waals surface area contributed by atoms with E-state index < -0.39 is 0 Å². The second kappa shape index (κ2) is 10.6. The fourth-order valence-electron chi connectivity index (χ4n) is 4.55. The highest BCUT2D eigenvalue weighted by molar-refractivity contribution is 5.31. The minimum absolute atomic E-state index is 0.230. The van der Waals surface area contributed by atoms with Crippen LogP contribution in [0.5, 0.6) is 0 Å². The number of piperidine rings is 1. The van der Waals surface area contributed by atoms with Gasteiger partial charge in [0, 0.05) is 13.2 Å².